The Kier molecular flexibility index (Phi) is 4.80. The van der Waals surface area contributed by atoms with E-state index in [1.54, 1.807) is 25.3 Å². The number of hydrogen-bond acceptors (Lipinski definition) is 5. The highest BCUT2D eigenvalue weighted by Crippen LogP contribution is 2.31. The van der Waals surface area contributed by atoms with Gasteiger partial charge in [0.25, 0.3) is 5.89 Å². The third kappa shape index (κ3) is 3.95. The van der Waals surface area contributed by atoms with Crippen molar-refractivity contribution in [1.29, 1.82) is 0 Å². The minimum Gasteiger partial charge on any atom is -0.496 e. The molecule has 112 valence electrons. The number of ether oxygens (including phenoxy) is 1. The molecule has 0 aliphatic carbocycles. The van der Waals surface area contributed by atoms with Crippen molar-refractivity contribution in [3.8, 4) is 17.2 Å². The zero-order valence-corrected chi connectivity index (χ0v) is 12.4. The van der Waals surface area contributed by atoms with Crippen LogP contribution in [0.15, 0.2) is 22.6 Å². The molecule has 0 amide bonds. The van der Waals surface area contributed by atoms with E-state index in [0.717, 1.165) is 0 Å². The summed E-state index contributed by atoms with van der Waals surface area (Å²) < 4.78 is 10.8. The van der Waals surface area contributed by atoms with Crippen LogP contribution in [0.25, 0.3) is 11.5 Å². The Labute approximate surface area is 126 Å². The van der Waals surface area contributed by atoms with Crippen molar-refractivity contribution < 1.29 is 19.1 Å². The molecule has 0 aliphatic heterocycles. The van der Waals surface area contributed by atoms with Crippen molar-refractivity contribution in [2.75, 3.05) is 7.11 Å². The van der Waals surface area contributed by atoms with Crippen molar-refractivity contribution in [3.05, 3.63) is 29.1 Å². The smallest absolute Gasteiger partial charge is 0.303 e. The summed E-state index contributed by atoms with van der Waals surface area (Å²) in [6, 6.07) is 5.10. The van der Waals surface area contributed by atoms with Gasteiger partial charge in [0.1, 0.15) is 5.75 Å². The van der Waals surface area contributed by atoms with Gasteiger partial charge >= 0.3 is 5.97 Å². The van der Waals surface area contributed by atoms with Crippen LogP contribution in [0.5, 0.6) is 5.75 Å². The number of aromatic nitrogens is 2. The van der Waals surface area contributed by atoms with Crippen molar-refractivity contribution in [3.63, 3.8) is 0 Å². The Morgan fingerprint density at radius 2 is 2.24 bits per heavy atom. The topological polar surface area (TPSA) is 85.5 Å². The Balaban J connectivity index is 2.20. The lowest BCUT2D eigenvalue weighted by atomic mass is 10.0. The molecule has 1 unspecified atom stereocenters. The average Bonchev–Trinajstić information content (AvgIpc) is 2.85. The molecule has 1 N–H and O–H groups in total. The van der Waals surface area contributed by atoms with Crippen LogP contribution < -0.4 is 4.74 Å². The summed E-state index contributed by atoms with van der Waals surface area (Å²) in [5, 5.41) is 17.2. The van der Waals surface area contributed by atoms with Gasteiger partial charge in [-0.3, -0.25) is 4.79 Å². The van der Waals surface area contributed by atoms with E-state index in [1.165, 1.54) is 0 Å². The zero-order valence-electron chi connectivity index (χ0n) is 11.7. The standard InChI is InChI=1S/C14H15ClN2O4/c1-8(6-13(18)19)5-12-16-17-14(21-12)10-7-9(15)3-4-11(10)20-2/h3-4,7-8H,5-6H2,1-2H3,(H,18,19). The van der Waals surface area contributed by atoms with E-state index in [9.17, 15) is 4.79 Å². The number of carboxylic acids is 1. The Morgan fingerprint density at radius 1 is 1.48 bits per heavy atom. The van der Waals surface area contributed by atoms with Gasteiger partial charge in [-0.1, -0.05) is 18.5 Å². The number of carboxylic acid groups (broad SMARTS) is 1. The van der Waals surface area contributed by atoms with Gasteiger partial charge in [0.15, 0.2) is 0 Å². The first-order valence-electron chi connectivity index (χ1n) is 6.37. The van der Waals surface area contributed by atoms with Gasteiger partial charge < -0.3 is 14.3 Å². The number of rotatable bonds is 6. The molecule has 0 spiro atoms. The van der Waals surface area contributed by atoms with Crippen molar-refractivity contribution in [2.45, 2.75) is 19.8 Å². The minimum atomic E-state index is -0.848. The van der Waals surface area contributed by atoms with E-state index in [1.807, 2.05) is 6.92 Å². The fourth-order valence-corrected chi connectivity index (χ4v) is 2.13. The molecule has 1 aromatic heterocycles. The maximum atomic E-state index is 10.6. The van der Waals surface area contributed by atoms with E-state index in [2.05, 4.69) is 10.2 Å². The highest BCUT2D eigenvalue weighted by molar-refractivity contribution is 6.30. The van der Waals surface area contributed by atoms with Gasteiger partial charge in [-0.25, -0.2) is 0 Å². The third-order valence-corrected chi connectivity index (χ3v) is 3.14. The second-order valence-corrected chi connectivity index (χ2v) is 5.19. The SMILES string of the molecule is COc1ccc(Cl)cc1-c1nnc(CC(C)CC(=O)O)o1. The van der Waals surface area contributed by atoms with Crippen LogP contribution >= 0.6 is 11.6 Å². The van der Waals surface area contributed by atoms with E-state index in [0.29, 0.717) is 34.5 Å². The molecule has 2 rings (SSSR count). The number of nitrogens with zero attached hydrogens (tertiary/aromatic N) is 2. The first kappa shape index (κ1) is 15.3. The molecule has 0 saturated carbocycles. The second-order valence-electron chi connectivity index (χ2n) is 4.75. The normalized spacial score (nSPS) is 12.1. The molecule has 21 heavy (non-hydrogen) atoms. The number of methoxy groups -OCH3 is 1. The van der Waals surface area contributed by atoms with Gasteiger partial charge in [-0.05, 0) is 24.1 Å². The molecule has 0 fully saturated rings. The Bertz CT molecular complexity index is 642. The summed E-state index contributed by atoms with van der Waals surface area (Å²) in [5.74, 6) is 0.330. The van der Waals surface area contributed by atoms with Gasteiger partial charge in [-0.2, -0.15) is 0 Å². The van der Waals surface area contributed by atoms with Crippen LogP contribution in [-0.2, 0) is 11.2 Å². The zero-order chi connectivity index (χ0) is 15.4. The van der Waals surface area contributed by atoms with Gasteiger partial charge in [-0.15, -0.1) is 10.2 Å². The molecule has 1 atom stereocenters. The second kappa shape index (κ2) is 6.58. The predicted molar refractivity (Wildman–Crippen MR) is 76.4 cm³/mol. The first-order chi connectivity index (χ1) is 9.99. The summed E-state index contributed by atoms with van der Waals surface area (Å²) >= 11 is 5.96. The molecule has 2 aromatic rings. The largest absolute Gasteiger partial charge is 0.496 e. The number of hydrogen-bond donors (Lipinski definition) is 1. The first-order valence-corrected chi connectivity index (χ1v) is 6.75. The quantitative estimate of drug-likeness (QED) is 0.882. The number of aliphatic carboxylic acids is 1. The van der Waals surface area contributed by atoms with E-state index in [4.69, 9.17) is 25.9 Å². The summed E-state index contributed by atoms with van der Waals surface area (Å²) in [6.07, 6.45) is 0.459. The molecule has 1 heterocycles. The molecule has 0 aliphatic rings. The summed E-state index contributed by atoms with van der Waals surface area (Å²) in [5.41, 5.74) is 0.606. The number of carbonyl (C=O) groups is 1. The number of halogens is 1. The fraction of sp³-hybridized carbons (Fsp3) is 0.357. The highest BCUT2D eigenvalue weighted by atomic mass is 35.5. The van der Waals surface area contributed by atoms with Crippen molar-refractivity contribution in [2.24, 2.45) is 5.92 Å². The van der Waals surface area contributed by atoms with E-state index in [-0.39, 0.29) is 12.3 Å². The Hall–Kier alpha value is -2.08. The van der Waals surface area contributed by atoms with Crippen LogP contribution in [0.4, 0.5) is 0 Å². The fourth-order valence-electron chi connectivity index (χ4n) is 1.96. The molecule has 0 radical (unpaired) electrons. The molecule has 0 saturated heterocycles. The predicted octanol–water partition coefficient (Wildman–Crippen LogP) is 3.05. The van der Waals surface area contributed by atoms with Crippen LogP contribution in [0.3, 0.4) is 0 Å². The molecular weight excluding hydrogens is 296 g/mol. The van der Waals surface area contributed by atoms with E-state index < -0.39 is 5.97 Å². The van der Waals surface area contributed by atoms with Crippen molar-refractivity contribution >= 4 is 17.6 Å². The van der Waals surface area contributed by atoms with E-state index >= 15 is 0 Å². The molecule has 0 bridgehead atoms. The summed E-state index contributed by atoms with van der Waals surface area (Å²) in [7, 11) is 1.54. The molecular formula is C14H15ClN2O4. The average molecular weight is 311 g/mol. The summed E-state index contributed by atoms with van der Waals surface area (Å²) in [6.45, 7) is 1.82. The Morgan fingerprint density at radius 3 is 2.90 bits per heavy atom. The van der Waals surface area contributed by atoms with Crippen LogP contribution in [0.1, 0.15) is 19.2 Å². The van der Waals surface area contributed by atoms with Crippen molar-refractivity contribution in [1.82, 2.24) is 10.2 Å². The number of benzene rings is 1. The van der Waals surface area contributed by atoms with Crippen LogP contribution in [-0.4, -0.2) is 28.4 Å². The third-order valence-electron chi connectivity index (χ3n) is 2.90. The lowest BCUT2D eigenvalue weighted by Crippen LogP contribution is -2.07. The van der Waals surface area contributed by atoms with Crippen LogP contribution in [0, 0.1) is 5.92 Å². The van der Waals surface area contributed by atoms with Gasteiger partial charge in [0.2, 0.25) is 5.89 Å². The minimum absolute atomic E-state index is 0.0538. The molecule has 1 aromatic carbocycles. The van der Waals surface area contributed by atoms with Crippen LogP contribution in [0.2, 0.25) is 5.02 Å². The maximum Gasteiger partial charge on any atom is 0.303 e. The lowest BCUT2D eigenvalue weighted by Gasteiger charge is -2.05. The maximum absolute atomic E-state index is 10.6. The summed E-state index contributed by atoms with van der Waals surface area (Å²) in [4.78, 5) is 10.6. The van der Waals surface area contributed by atoms with Gasteiger partial charge in [0.05, 0.1) is 12.7 Å². The van der Waals surface area contributed by atoms with Gasteiger partial charge in [0, 0.05) is 17.9 Å². The molecule has 7 heteroatoms. The highest BCUT2D eigenvalue weighted by Gasteiger charge is 2.17. The monoisotopic (exact) mass is 310 g/mol. The molecule has 6 nitrogen and oxygen atoms in total. The lowest BCUT2D eigenvalue weighted by molar-refractivity contribution is -0.137.